The van der Waals surface area contributed by atoms with Crippen LogP contribution in [-0.4, -0.2) is 16.9 Å². The Bertz CT molecular complexity index is 134. The van der Waals surface area contributed by atoms with E-state index < -0.39 is 16.9 Å². The first-order valence-corrected chi connectivity index (χ1v) is 3.22. The zero-order valence-corrected chi connectivity index (χ0v) is 6.42. The van der Waals surface area contributed by atoms with Gasteiger partial charge in [-0.15, -0.1) is 0 Å². The van der Waals surface area contributed by atoms with Crippen LogP contribution in [-0.2, 0) is 9.47 Å². The van der Waals surface area contributed by atoms with Crippen molar-refractivity contribution in [3.8, 4) is 0 Å². The van der Waals surface area contributed by atoms with Crippen LogP contribution in [0.5, 0.6) is 0 Å². The Morgan fingerprint density at radius 1 is 1.20 bits per heavy atom. The molecule has 0 bridgehead atoms. The maximum Gasteiger partial charge on any atom is 0.363 e. The Morgan fingerprint density at radius 2 is 1.50 bits per heavy atom. The maximum absolute atomic E-state index is 12.6. The predicted octanol–water partition coefficient (Wildman–Crippen LogP) is 2.10. The van der Waals surface area contributed by atoms with Crippen molar-refractivity contribution in [2.45, 2.75) is 23.8 Å². The molecule has 1 rings (SSSR count). The van der Waals surface area contributed by atoms with Crippen LogP contribution in [0.1, 0.15) is 6.92 Å². The van der Waals surface area contributed by atoms with Crippen molar-refractivity contribution in [2.24, 2.45) is 0 Å². The number of hydrogen-bond acceptors (Lipinski definition) is 2. The zero-order valence-electron chi connectivity index (χ0n) is 4.91. The lowest BCUT2D eigenvalue weighted by atomic mass is 10.7. The summed E-state index contributed by atoms with van der Waals surface area (Å²) in [4.78, 5) is 0. The number of hydrogen-bond donors (Lipinski definition) is 0. The highest BCUT2D eigenvalue weighted by Gasteiger charge is 2.62. The van der Waals surface area contributed by atoms with E-state index in [-0.39, 0.29) is 0 Å². The van der Waals surface area contributed by atoms with E-state index >= 15 is 0 Å². The van der Waals surface area contributed by atoms with Crippen LogP contribution in [0, 0.1) is 0 Å². The molecule has 2 nitrogen and oxygen atoms in total. The second kappa shape index (κ2) is 2.17. The van der Waals surface area contributed by atoms with Gasteiger partial charge in [0.05, 0.1) is 0 Å². The minimum Gasteiger partial charge on any atom is -0.299 e. The second-order valence-electron chi connectivity index (χ2n) is 1.84. The van der Waals surface area contributed by atoms with Crippen molar-refractivity contribution in [2.75, 3.05) is 0 Å². The standard InChI is InChI=1S/C4H4Cl2F2O2/c1-2-9-3(5,7)4(6,8)10-2/h2H,1H3. The Balaban J connectivity index is 2.78. The smallest absolute Gasteiger partial charge is 0.299 e. The molecule has 0 aliphatic carbocycles. The highest BCUT2D eigenvalue weighted by Crippen LogP contribution is 2.47. The Labute approximate surface area is 66.0 Å². The molecule has 1 saturated heterocycles. The summed E-state index contributed by atoms with van der Waals surface area (Å²) in [6.07, 6.45) is -1.08. The van der Waals surface area contributed by atoms with Crippen molar-refractivity contribution in [3.05, 3.63) is 0 Å². The van der Waals surface area contributed by atoms with Crippen molar-refractivity contribution in [1.82, 2.24) is 0 Å². The van der Waals surface area contributed by atoms with Crippen LogP contribution in [0.3, 0.4) is 0 Å². The fraction of sp³-hybridized carbons (Fsp3) is 1.00. The third-order valence-corrected chi connectivity index (χ3v) is 1.73. The quantitative estimate of drug-likeness (QED) is 0.548. The third kappa shape index (κ3) is 1.21. The van der Waals surface area contributed by atoms with Crippen LogP contribution in [0.4, 0.5) is 8.78 Å². The number of rotatable bonds is 0. The van der Waals surface area contributed by atoms with E-state index in [0.717, 1.165) is 0 Å². The molecule has 6 heteroatoms. The van der Waals surface area contributed by atoms with Gasteiger partial charge >= 0.3 is 10.6 Å². The molecule has 1 aliphatic heterocycles. The van der Waals surface area contributed by atoms with Gasteiger partial charge in [0.25, 0.3) is 0 Å². The van der Waals surface area contributed by atoms with Gasteiger partial charge in [-0.1, -0.05) is 0 Å². The fourth-order valence-corrected chi connectivity index (χ4v) is 0.918. The van der Waals surface area contributed by atoms with Crippen molar-refractivity contribution in [3.63, 3.8) is 0 Å². The van der Waals surface area contributed by atoms with Gasteiger partial charge < -0.3 is 0 Å². The first-order chi connectivity index (χ1) is 4.35. The second-order valence-corrected chi connectivity index (χ2v) is 2.81. The third-order valence-electron chi connectivity index (χ3n) is 0.967. The molecule has 1 fully saturated rings. The van der Waals surface area contributed by atoms with Crippen LogP contribution >= 0.6 is 23.2 Å². The lowest BCUT2D eigenvalue weighted by Gasteiger charge is -2.15. The number of halogens is 4. The van der Waals surface area contributed by atoms with E-state index in [9.17, 15) is 8.78 Å². The fourth-order valence-electron chi connectivity index (χ4n) is 0.578. The molecule has 2 atom stereocenters. The molecule has 1 aliphatic rings. The van der Waals surface area contributed by atoms with E-state index in [4.69, 9.17) is 23.2 Å². The van der Waals surface area contributed by atoms with Crippen molar-refractivity contribution >= 4 is 23.2 Å². The molecule has 0 aromatic rings. The average Bonchev–Trinajstić information content (AvgIpc) is 1.73. The van der Waals surface area contributed by atoms with E-state index in [1.807, 2.05) is 0 Å². The lowest BCUT2D eigenvalue weighted by Crippen LogP contribution is -2.34. The predicted molar refractivity (Wildman–Crippen MR) is 31.0 cm³/mol. The average molecular weight is 193 g/mol. The summed E-state index contributed by atoms with van der Waals surface area (Å²) in [5, 5.41) is -6.18. The normalized spacial score (nSPS) is 55.5. The van der Waals surface area contributed by atoms with Gasteiger partial charge in [-0.25, -0.2) is 0 Å². The van der Waals surface area contributed by atoms with Crippen molar-refractivity contribution in [1.29, 1.82) is 0 Å². The molecule has 0 aromatic heterocycles. The molecule has 0 saturated carbocycles. The summed E-state index contributed by atoms with van der Waals surface area (Å²) in [6, 6.07) is 0. The molecular formula is C4H4Cl2F2O2. The molecular weight excluding hydrogens is 189 g/mol. The first kappa shape index (κ1) is 8.46. The summed E-state index contributed by atoms with van der Waals surface area (Å²) in [6.45, 7) is 1.28. The van der Waals surface area contributed by atoms with E-state index in [1.165, 1.54) is 6.92 Å². The summed E-state index contributed by atoms with van der Waals surface area (Å²) >= 11 is 9.67. The van der Waals surface area contributed by atoms with E-state index in [2.05, 4.69) is 9.47 Å². The maximum atomic E-state index is 12.6. The Hall–Kier alpha value is 0.360. The Kier molecular flexibility index (Phi) is 1.84. The van der Waals surface area contributed by atoms with Gasteiger partial charge in [-0.2, -0.15) is 8.78 Å². The molecule has 10 heavy (non-hydrogen) atoms. The number of ether oxygens (including phenoxy) is 2. The van der Waals surface area contributed by atoms with Crippen LogP contribution in [0.25, 0.3) is 0 Å². The van der Waals surface area contributed by atoms with E-state index in [0.29, 0.717) is 0 Å². The highest BCUT2D eigenvalue weighted by atomic mass is 35.5. The van der Waals surface area contributed by atoms with Gasteiger partial charge in [-0.3, -0.25) is 9.47 Å². The van der Waals surface area contributed by atoms with Crippen LogP contribution in [0.2, 0.25) is 0 Å². The lowest BCUT2D eigenvalue weighted by molar-refractivity contribution is -0.103. The molecule has 0 aromatic carbocycles. The molecule has 60 valence electrons. The zero-order chi connectivity index (χ0) is 7.99. The largest absolute Gasteiger partial charge is 0.363 e. The molecule has 2 unspecified atom stereocenters. The van der Waals surface area contributed by atoms with Gasteiger partial charge in [0.15, 0.2) is 6.29 Å². The summed E-state index contributed by atoms with van der Waals surface area (Å²) < 4.78 is 33.4. The van der Waals surface area contributed by atoms with Crippen LogP contribution in [0.15, 0.2) is 0 Å². The molecule has 0 N–H and O–H groups in total. The molecule has 0 radical (unpaired) electrons. The SMILES string of the molecule is CC1OC(F)(Cl)C(F)(Cl)O1. The summed E-state index contributed by atoms with van der Waals surface area (Å²) in [5.41, 5.74) is 0. The molecule has 0 amide bonds. The monoisotopic (exact) mass is 192 g/mol. The molecule has 1 heterocycles. The van der Waals surface area contributed by atoms with E-state index in [1.54, 1.807) is 0 Å². The molecule has 0 spiro atoms. The van der Waals surface area contributed by atoms with Gasteiger partial charge in [0, 0.05) is 0 Å². The minimum atomic E-state index is -3.09. The topological polar surface area (TPSA) is 18.5 Å². The minimum absolute atomic E-state index is 1.08. The van der Waals surface area contributed by atoms with Crippen molar-refractivity contribution < 1.29 is 18.3 Å². The van der Waals surface area contributed by atoms with Gasteiger partial charge in [-0.05, 0) is 30.1 Å². The van der Waals surface area contributed by atoms with Gasteiger partial charge in [0.2, 0.25) is 0 Å². The number of alkyl halides is 4. The first-order valence-electron chi connectivity index (χ1n) is 2.46. The highest BCUT2D eigenvalue weighted by molar-refractivity contribution is 6.32. The van der Waals surface area contributed by atoms with Gasteiger partial charge in [0.1, 0.15) is 0 Å². The Morgan fingerprint density at radius 3 is 1.60 bits per heavy atom. The summed E-state index contributed by atoms with van der Waals surface area (Å²) in [5.74, 6) is 0. The summed E-state index contributed by atoms with van der Waals surface area (Å²) in [7, 11) is 0. The van der Waals surface area contributed by atoms with Crippen LogP contribution < -0.4 is 0 Å².